The Kier molecular flexibility index (Phi) is 8.39. The maximum absolute atomic E-state index is 14.1. The van der Waals surface area contributed by atoms with E-state index < -0.39 is 0 Å². The first-order valence-electron chi connectivity index (χ1n) is 15.6. The van der Waals surface area contributed by atoms with E-state index in [1.54, 1.807) is 30.6 Å². The molecule has 3 aromatic carbocycles. The molecule has 234 valence electrons. The lowest BCUT2D eigenvalue weighted by atomic mass is 10.1. The Morgan fingerprint density at radius 2 is 1.70 bits per heavy atom. The van der Waals surface area contributed by atoms with Crippen molar-refractivity contribution in [2.24, 2.45) is 5.92 Å². The molecule has 1 atom stereocenters. The fourth-order valence-corrected chi connectivity index (χ4v) is 6.32. The van der Waals surface area contributed by atoms with Crippen molar-refractivity contribution in [2.75, 3.05) is 56.0 Å². The number of benzene rings is 3. The van der Waals surface area contributed by atoms with E-state index in [1.165, 1.54) is 6.07 Å². The van der Waals surface area contributed by atoms with Crippen LogP contribution in [0.2, 0.25) is 0 Å². The number of carbonyl (C=O) groups excluding carboxylic acids is 2. The lowest BCUT2D eigenvalue weighted by Gasteiger charge is -2.36. The summed E-state index contributed by atoms with van der Waals surface area (Å²) in [5, 5.41) is 11.3. The van der Waals surface area contributed by atoms with Crippen molar-refractivity contribution in [3.05, 3.63) is 102 Å². The van der Waals surface area contributed by atoms with Crippen LogP contribution in [0, 0.1) is 11.7 Å². The topological polar surface area (TPSA) is 110 Å². The summed E-state index contributed by atoms with van der Waals surface area (Å²) in [5.41, 5.74) is 4.89. The Hall–Kier alpha value is -5.16. The van der Waals surface area contributed by atoms with Gasteiger partial charge < -0.3 is 15.1 Å². The SMILES string of the molecule is O=C(Nc1ccc2c(Cc3ccccc3F)n[nH]c2c1)C1CCN(CC(=O)N2CCN(c3ccc(-c4ncccn4)cc3)CC2)C1. The number of likely N-dealkylation sites (tertiary alicyclic amines) is 1. The molecule has 0 aliphatic carbocycles. The Labute approximate surface area is 266 Å². The molecule has 5 aromatic rings. The van der Waals surface area contributed by atoms with Crippen LogP contribution in [-0.4, -0.2) is 87.6 Å². The minimum atomic E-state index is -0.255. The maximum Gasteiger partial charge on any atom is 0.236 e. The smallest absolute Gasteiger partial charge is 0.236 e. The van der Waals surface area contributed by atoms with E-state index in [2.05, 4.69) is 47.4 Å². The number of anilines is 2. The highest BCUT2D eigenvalue weighted by Gasteiger charge is 2.31. The Bertz CT molecular complexity index is 1840. The van der Waals surface area contributed by atoms with Gasteiger partial charge in [-0.2, -0.15) is 5.10 Å². The fraction of sp³-hybridized carbons (Fsp3) is 0.286. The van der Waals surface area contributed by atoms with Gasteiger partial charge in [0.2, 0.25) is 11.8 Å². The van der Waals surface area contributed by atoms with E-state index in [0.717, 1.165) is 40.9 Å². The van der Waals surface area contributed by atoms with Crippen molar-refractivity contribution in [3.63, 3.8) is 0 Å². The van der Waals surface area contributed by atoms with Crippen LogP contribution in [0.5, 0.6) is 0 Å². The molecule has 7 rings (SSSR count). The first-order chi connectivity index (χ1) is 22.5. The van der Waals surface area contributed by atoms with Crippen LogP contribution in [0.15, 0.2) is 85.2 Å². The van der Waals surface area contributed by atoms with Crippen molar-refractivity contribution in [1.82, 2.24) is 30.0 Å². The number of hydrogen-bond acceptors (Lipinski definition) is 7. The highest BCUT2D eigenvalue weighted by Crippen LogP contribution is 2.25. The normalized spacial score (nSPS) is 17.0. The standard InChI is InChI=1S/C35H35FN8O2/c36-30-5-2-1-4-25(30)20-31-29-11-8-27(21-32(29)41-40-31)39-35(46)26-12-15-42(22-26)23-33(45)44-18-16-43(17-19-44)28-9-6-24(7-10-28)34-37-13-3-14-38-34/h1-11,13-14,21,26H,12,15-20,22-23H2,(H,39,46)(H,40,41). The first kappa shape index (κ1) is 29.5. The van der Waals surface area contributed by atoms with Gasteiger partial charge in [0, 0.05) is 73.9 Å². The number of nitrogens with one attached hydrogen (secondary N) is 2. The largest absolute Gasteiger partial charge is 0.368 e. The summed E-state index contributed by atoms with van der Waals surface area (Å²) in [6, 6.07) is 22.3. The summed E-state index contributed by atoms with van der Waals surface area (Å²) < 4.78 is 14.1. The van der Waals surface area contributed by atoms with Crippen molar-refractivity contribution in [1.29, 1.82) is 0 Å². The Morgan fingerprint density at radius 1 is 0.913 bits per heavy atom. The van der Waals surface area contributed by atoms with Gasteiger partial charge in [0.15, 0.2) is 5.82 Å². The molecule has 2 aliphatic heterocycles. The maximum atomic E-state index is 14.1. The van der Waals surface area contributed by atoms with Crippen LogP contribution in [0.1, 0.15) is 17.7 Å². The van der Waals surface area contributed by atoms with E-state index in [-0.39, 0.29) is 23.5 Å². The van der Waals surface area contributed by atoms with Crippen LogP contribution >= 0.6 is 0 Å². The Morgan fingerprint density at radius 3 is 2.48 bits per heavy atom. The minimum Gasteiger partial charge on any atom is -0.368 e. The number of rotatable bonds is 8. The summed E-state index contributed by atoms with van der Waals surface area (Å²) in [7, 11) is 0. The minimum absolute atomic E-state index is 0.0566. The van der Waals surface area contributed by atoms with Gasteiger partial charge in [-0.3, -0.25) is 19.6 Å². The molecule has 2 N–H and O–H groups in total. The van der Waals surface area contributed by atoms with Crippen LogP contribution in [0.25, 0.3) is 22.3 Å². The number of fused-ring (bicyclic) bond motifs is 1. The van der Waals surface area contributed by atoms with Gasteiger partial charge in [-0.25, -0.2) is 14.4 Å². The van der Waals surface area contributed by atoms with Gasteiger partial charge in [-0.05, 0) is 73.1 Å². The number of hydrogen-bond donors (Lipinski definition) is 2. The highest BCUT2D eigenvalue weighted by molar-refractivity contribution is 5.95. The molecule has 10 nitrogen and oxygen atoms in total. The third kappa shape index (κ3) is 6.45. The number of aromatic nitrogens is 4. The first-order valence-corrected chi connectivity index (χ1v) is 15.6. The Balaban J connectivity index is 0.878. The van der Waals surface area contributed by atoms with Crippen molar-refractivity contribution in [3.8, 4) is 11.4 Å². The van der Waals surface area contributed by atoms with Gasteiger partial charge in [-0.15, -0.1) is 0 Å². The lowest BCUT2D eigenvalue weighted by molar-refractivity contribution is -0.132. The molecule has 46 heavy (non-hydrogen) atoms. The van der Waals surface area contributed by atoms with Crippen LogP contribution in [-0.2, 0) is 16.0 Å². The zero-order valence-electron chi connectivity index (χ0n) is 25.4. The van der Waals surface area contributed by atoms with Crippen molar-refractivity contribution < 1.29 is 14.0 Å². The van der Waals surface area contributed by atoms with Gasteiger partial charge in [-0.1, -0.05) is 18.2 Å². The molecule has 2 amide bonds. The second-order valence-corrected chi connectivity index (χ2v) is 11.9. The van der Waals surface area contributed by atoms with Crippen molar-refractivity contribution >= 4 is 34.1 Å². The fourth-order valence-electron chi connectivity index (χ4n) is 6.32. The average molecular weight is 619 g/mol. The number of nitrogens with zero attached hydrogens (tertiary/aromatic N) is 6. The predicted molar refractivity (Wildman–Crippen MR) is 175 cm³/mol. The molecule has 2 aliphatic rings. The summed E-state index contributed by atoms with van der Waals surface area (Å²) >= 11 is 0. The van der Waals surface area contributed by atoms with Gasteiger partial charge in [0.1, 0.15) is 5.82 Å². The molecule has 0 radical (unpaired) electrons. The summed E-state index contributed by atoms with van der Waals surface area (Å²) in [4.78, 5) is 41.2. The average Bonchev–Trinajstić information content (AvgIpc) is 3.73. The quantitative estimate of drug-likeness (QED) is 0.266. The highest BCUT2D eigenvalue weighted by atomic mass is 19.1. The zero-order valence-corrected chi connectivity index (χ0v) is 25.4. The van der Waals surface area contributed by atoms with Crippen LogP contribution < -0.4 is 10.2 Å². The molecule has 0 spiro atoms. The van der Waals surface area contributed by atoms with Gasteiger partial charge in [0.25, 0.3) is 0 Å². The van der Waals surface area contributed by atoms with E-state index in [0.29, 0.717) is 62.6 Å². The monoisotopic (exact) mass is 618 g/mol. The van der Waals surface area contributed by atoms with Gasteiger partial charge in [0.05, 0.1) is 23.7 Å². The molecule has 0 saturated carbocycles. The number of carbonyl (C=O) groups is 2. The lowest BCUT2D eigenvalue weighted by Crippen LogP contribution is -2.51. The number of aromatic amines is 1. The zero-order chi connectivity index (χ0) is 31.5. The number of amides is 2. The van der Waals surface area contributed by atoms with E-state index in [1.807, 2.05) is 41.3 Å². The van der Waals surface area contributed by atoms with E-state index in [9.17, 15) is 14.0 Å². The van der Waals surface area contributed by atoms with Gasteiger partial charge >= 0.3 is 0 Å². The molecule has 1 unspecified atom stereocenters. The second-order valence-electron chi connectivity index (χ2n) is 11.9. The third-order valence-electron chi connectivity index (χ3n) is 8.92. The number of piperazine rings is 1. The second kappa shape index (κ2) is 13.1. The molecule has 11 heteroatoms. The third-order valence-corrected chi connectivity index (χ3v) is 8.92. The molecule has 2 saturated heterocycles. The molecule has 2 fully saturated rings. The molecule has 4 heterocycles. The number of H-pyrrole nitrogens is 1. The van der Waals surface area contributed by atoms with Crippen LogP contribution in [0.4, 0.5) is 15.8 Å². The van der Waals surface area contributed by atoms with Crippen molar-refractivity contribution in [2.45, 2.75) is 12.8 Å². The van der Waals surface area contributed by atoms with E-state index in [4.69, 9.17) is 0 Å². The summed E-state index contributed by atoms with van der Waals surface area (Å²) in [6.07, 6.45) is 4.56. The van der Waals surface area contributed by atoms with Crippen LogP contribution in [0.3, 0.4) is 0 Å². The molecular formula is C35H35FN8O2. The predicted octanol–water partition coefficient (Wildman–Crippen LogP) is 4.36. The molecular weight excluding hydrogens is 583 g/mol. The summed E-state index contributed by atoms with van der Waals surface area (Å²) in [5.74, 6) is 0.305. The number of halogens is 1. The molecule has 0 bridgehead atoms. The van der Waals surface area contributed by atoms with E-state index >= 15 is 0 Å². The summed E-state index contributed by atoms with van der Waals surface area (Å²) in [6.45, 7) is 4.44. The molecule has 2 aromatic heterocycles.